The van der Waals surface area contributed by atoms with Gasteiger partial charge >= 0.3 is 5.69 Å². The van der Waals surface area contributed by atoms with Gasteiger partial charge < -0.3 is 15.6 Å². The standard InChI is InChI=1S/C7H10N4O4/c1-4-5(11(13)14)6(15-3-2-12)10-7(8)9-4/h12H,2-3H2,1H3,(H2,8,9,10). The number of aliphatic hydroxyl groups is 1. The van der Waals surface area contributed by atoms with Gasteiger partial charge in [-0.1, -0.05) is 0 Å². The van der Waals surface area contributed by atoms with E-state index in [0.717, 1.165) is 0 Å². The molecule has 0 saturated carbocycles. The lowest BCUT2D eigenvalue weighted by molar-refractivity contribution is -0.387. The minimum absolute atomic E-state index is 0.0866. The van der Waals surface area contributed by atoms with Crippen LogP contribution in [0.15, 0.2) is 0 Å². The average molecular weight is 214 g/mol. The molecule has 1 aromatic rings. The summed E-state index contributed by atoms with van der Waals surface area (Å²) in [6.07, 6.45) is 0. The van der Waals surface area contributed by atoms with Gasteiger partial charge in [0.15, 0.2) is 0 Å². The van der Waals surface area contributed by atoms with E-state index in [4.69, 9.17) is 15.6 Å². The molecule has 0 radical (unpaired) electrons. The molecule has 0 aliphatic carbocycles. The lowest BCUT2D eigenvalue weighted by atomic mass is 10.3. The maximum Gasteiger partial charge on any atom is 0.352 e. The molecule has 8 heteroatoms. The first-order valence-electron chi connectivity index (χ1n) is 4.08. The van der Waals surface area contributed by atoms with Crippen LogP contribution in [0.4, 0.5) is 11.6 Å². The molecule has 0 aromatic carbocycles. The topological polar surface area (TPSA) is 124 Å². The Balaban J connectivity index is 3.14. The molecule has 3 N–H and O–H groups in total. The Labute approximate surface area is 84.9 Å². The van der Waals surface area contributed by atoms with Gasteiger partial charge in [0.25, 0.3) is 5.88 Å². The Kier molecular flexibility index (Phi) is 3.34. The summed E-state index contributed by atoms with van der Waals surface area (Å²) >= 11 is 0. The zero-order valence-electron chi connectivity index (χ0n) is 8.01. The largest absolute Gasteiger partial charge is 0.470 e. The summed E-state index contributed by atoms with van der Waals surface area (Å²) < 4.78 is 4.89. The monoisotopic (exact) mass is 214 g/mol. The van der Waals surface area contributed by atoms with E-state index in [1.54, 1.807) is 0 Å². The molecule has 82 valence electrons. The molecule has 0 aliphatic heterocycles. The molecule has 0 unspecified atom stereocenters. The fraction of sp³-hybridized carbons (Fsp3) is 0.429. The predicted molar refractivity (Wildman–Crippen MR) is 50.4 cm³/mol. The molecule has 0 spiro atoms. The number of aromatic nitrogens is 2. The van der Waals surface area contributed by atoms with Crippen molar-refractivity contribution in [2.45, 2.75) is 6.92 Å². The van der Waals surface area contributed by atoms with Gasteiger partial charge in [0.1, 0.15) is 12.3 Å². The van der Waals surface area contributed by atoms with Crippen LogP contribution in [0.3, 0.4) is 0 Å². The number of ether oxygens (including phenoxy) is 1. The summed E-state index contributed by atoms with van der Waals surface area (Å²) in [7, 11) is 0. The molecule has 1 rings (SSSR count). The number of hydrogen-bond acceptors (Lipinski definition) is 7. The van der Waals surface area contributed by atoms with Crippen molar-refractivity contribution in [3.8, 4) is 5.88 Å². The van der Waals surface area contributed by atoms with Crippen LogP contribution in [-0.2, 0) is 0 Å². The molecule has 0 saturated heterocycles. The Morgan fingerprint density at radius 3 is 2.80 bits per heavy atom. The van der Waals surface area contributed by atoms with Gasteiger partial charge in [-0.25, -0.2) is 4.98 Å². The third-order valence-corrected chi connectivity index (χ3v) is 1.56. The molecule has 8 nitrogen and oxygen atoms in total. The van der Waals surface area contributed by atoms with Gasteiger partial charge in [0.05, 0.1) is 11.5 Å². The van der Waals surface area contributed by atoms with E-state index in [1.165, 1.54) is 6.92 Å². The van der Waals surface area contributed by atoms with Gasteiger partial charge in [-0.05, 0) is 6.92 Å². The van der Waals surface area contributed by atoms with Gasteiger partial charge in [-0.2, -0.15) is 4.98 Å². The Bertz CT molecular complexity index is 381. The first-order chi connectivity index (χ1) is 7.06. The zero-order valence-corrected chi connectivity index (χ0v) is 8.01. The number of rotatable bonds is 4. The number of nitro groups is 1. The SMILES string of the molecule is Cc1nc(N)nc(OCCO)c1[N+](=O)[O-]. The minimum atomic E-state index is -0.651. The van der Waals surface area contributed by atoms with Crippen LogP contribution in [0.5, 0.6) is 5.88 Å². The van der Waals surface area contributed by atoms with Crippen LogP contribution >= 0.6 is 0 Å². The summed E-state index contributed by atoms with van der Waals surface area (Å²) in [4.78, 5) is 17.2. The van der Waals surface area contributed by atoms with Crippen molar-refractivity contribution in [1.82, 2.24) is 9.97 Å². The number of aliphatic hydroxyl groups excluding tert-OH is 1. The molecule has 0 bridgehead atoms. The minimum Gasteiger partial charge on any atom is -0.470 e. The number of nitrogens with two attached hydrogens (primary N) is 1. The van der Waals surface area contributed by atoms with E-state index in [2.05, 4.69) is 9.97 Å². The van der Waals surface area contributed by atoms with Crippen LogP contribution in [-0.4, -0.2) is 33.2 Å². The van der Waals surface area contributed by atoms with E-state index in [-0.39, 0.29) is 36.4 Å². The summed E-state index contributed by atoms with van der Waals surface area (Å²) in [6, 6.07) is 0. The highest BCUT2D eigenvalue weighted by Gasteiger charge is 2.22. The Morgan fingerprint density at radius 2 is 2.27 bits per heavy atom. The van der Waals surface area contributed by atoms with Crippen molar-refractivity contribution in [2.24, 2.45) is 0 Å². The van der Waals surface area contributed by atoms with Crippen LogP contribution in [0.1, 0.15) is 5.69 Å². The van der Waals surface area contributed by atoms with Crippen LogP contribution in [0.25, 0.3) is 0 Å². The average Bonchev–Trinajstić information content (AvgIpc) is 2.12. The predicted octanol–water partition coefficient (Wildman–Crippen LogP) is -0.353. The number of hydrogen-bond donors (Lipinski definition) is 2. The second kappa shape index (κ2) is 4.51. The second-order valence-corrected chi connectivity index (χ2v) is 2.65. The van der Waals surface area contributed by atoms with Crippen LogP contribution < -0.4 is 10.5 Å². The molecule has 0 aliphatic rings. The fourth-order valence-electron chi connectivity index (χ4n) is 1.01. The lowest BCUT2D eigenvalue weighted by Gasteiger charge is -2.05. The Morgan fingerprint density at radius 1 is 1.60 bits per heavy atom. The molecule has 15 heavy (non-hydrogen) atoms. The number of aryl methyl sites for hydroxylation is 1. The molecular weight excluding hydrogens is 204 g/mol. The van der Waals surface area contributed by atoms with E-state index in [9.17, 15) is 10.1 Å². The van der Waals surface area contributed by atoms with Crippen molar-refractivity contribution in [3.05, 3.63) is 15.8 Å². The first kappa shape index (κ1) is 11.1. The van der Waals surface area contributed by atoms with Crippen LogP contribution in [0.2, 0.25) is 0 Å². The molecule has 0 atom stereocenters. The van der Waals surface area contributed by atoms with E-state index in [0.29, 0.717) is 0 Å². The summed E-state index contributed by atoms with van der Waals surface area (Å²) in [6.45, 7) is 1.08. The maximum absolute atomic E-state index is 10.7. The normalized spacial score (nSPS) is 10.0. The van der Waals surface area contributed by atoms with Crippen LogP contribution in [0, 0.1) is 17.0 Å². The molecule has 0 fully saturated rings. The third kappa shape index (κ3) is 2.50. The van der Waals surface area contributed by atoms with E-state index >= 15 is 0 Å². The highest BCUT2D eigenvalue weighted by Crippen LogP contribution is 2.27. The summed E-state index contributed by atoms with van der Waals surface area (Å²) in [5.41, 5.74) is 5.10. The van der Waals surface area contributed by atoms with Gasteiger partial charge in [0, 0.05) is 0 Å². The molecule has 0 amide bonds. The van der Waals surface area contributed by atoms with Gasteiger partial charge in [-0.3, -0.25) is 10.1 Å². The van der Waals surface area contributed by atoms with E-state index in [1.807, 2.05) is 0 Å². The zero-order chi connectivity index (χ0) is 11.4. The molecule has 1 aromatic heterocycles. The van der Waals surface area contributed by atoms with Crippen molar-refractivity contribution in [2.75, 3.05) is 18.9 Å². The van der Waals surface area contributed by atoms with Crippen molar-refractivity contribution in [3.63, 3.8) is 0 Å². The van der Waals surface area contributed by atoms with Gasteiger partial charge in [0.2, 0.25) is 5.95 Å². The van der Waals surface area contributed by atoms with Gasteiger partial charge in [-0.15, -0.1) is 0 Å². The van der Waals surface area contributed by atoms with Crippen molar-refractivity contribution in [1.29, 1.82) is 0 Å². The smallest absolute Gasteiger partial charge is 0.352 e. The highest BCUT2D eigenvalue weighted by atomic mass is 16.6. The Hall–Kier alpha value is -1.96. The first-order valence-corrected chi connectivity index (χ1v) is 4.08. The number of nitrogens with zero attached hydrogens (tertiary/aromatic N) is 3. The van der Waals surface area contributed by atoms with E-state index < -0.39 is 4.92 Å². The molecule has 1 heterocycles. The third-order valence-electron chi connectivity index (χ3n) is 1.56. The lowest BCUT2D eigenvalue weighted by Crippen LogP contribution is -2.09. The quantitative estimate of drug-likeness (QED) is 0.518. The number of nitrogen functional groups attached to an aromatic ring is 1. The highest BCUT2D eigenvalue weighted by molar-refractivity contribution is 5.47. The van der Waals surface area contributed by atoms with Crippen molar-refractivity contribution >= 4 is 11.6 Å². The molecular formula is C7H10N4O4. The summed E-state index contributed by atoms with van der Waals surface area (Å²) in [5, 5.41) is 19.2. The second-order valence-electron chi connectivity index (χ2n) is 2.65. The summed E-state index contributed by atoms with van der Waals surface area (Å²) in [5.74, 6) is -0.329. The maximum atomic E-state index is 10.7. The number of anilines is 1. The van der Waals surface area contributed by atoms with Crippen molar-refractivity contribution < 1.29 is 14.8 Å². The fourth-order valence-corrected chi connectivity index (χ4v) is 1.01.